The molecule has 112 valence electrons. The maximum absolute atomic E-state index is 11.9. The summed E-state index contributed by atoms with van der Waals surface area (Å²) in [6, 6.07) is 6.72. The second-order valence-corrected chi connectivity index (χ2v) is 5.38. The number of methoxy groups -OCH3 is 1. The molecule has 1 aliphatic heterocycles. The third kappa shape index (κ3) is 2.42. The fourth-order valence-corrected chi connectivity index (χ4v) is 2.62. The van der Waals surface area contributed by atoms with Crippen molar-refractivity contribution in [3.63, 3.8) is 0 Å². The average molecular weight is 337 g/mol. The molecule has 0 aliphatic carbocycles. The Bertz CT molecular complexity index is 741. The molecular weight excluding hydrogens is 327 g/mol. The molecule has 0 amide bonds. The van der Waals surface area contributed by atoms with Crippen LogP contribution in [0.3, 0.4) is 0 Å². The van der Waals surface area contributed by atoms with Crippen molar-refractivity contribution in [2.75, 3.05) is 7.11 Å². The summed E-state index contributed by atoms with van der Waals surface area (Å²) in [5.74, 6) is -0.468. The van der Waals surface area contributed by atoms with Crippen molar-refractivity contribution in [3.05, 3.63) is 57.9 Å². The summed E-state index contributed by atoms with van der Waals surface area (Å²) in [5, 5.41) is 0.540. The number of aromatic nitrogens is 2. The van der Waals surface area contributed by atoms with Gasteiger partial charge in [-0.05, 0) is 24.3 Å². The summed E-state index contributed by atoms with van der Waals surface area (Å²) in [7, 11) is 1.30. The van der Waals surface area contributed by atoms with Gasteiger partial charge in [-0.15, -0.1) is 0 Å². The van der Waals surface area contributed by atoms with Crippen LogP contribution in [0.4, 0.5) is 0 Å². The highest BCUT2D eigenvalue weighted by Gasteiger charge is 2.34. The lowest BCUT2D eigenvalue weighted by molar-refractivity contribution is -0.136. The van der Waals surface area contributed by atoms with Gasteiger partial charge in [0.15, 0.2) is 0 Å². The van der Waals surface area contributed by atoms with E-state index in [1.807, 2.05) is 0 Å². The molecule has 0 unspecified atom stereocenters. The van der Waals surface area contributed by atoms with Gasteiger partial charge in [0, 0.05) is 16.7 Å². The Labute approximate surface area is 136 Å². The summed E-state index contributed by atoms with van der Waals surface area (Å²) in [6.07, 6.45) is 0. The number of hydrogen-bond acceptors (Lipinski definition) is 5. The molecule has 3 heterocycles. The first-order valence-electron chi connectivity index (χ1n) is 6.29. The van der Waals surface area contributed by atoms with Crippen molar-refractivity contribution < 1.29 is 14.3 Å². The van der Waals surface area contributed by atoms with E-state index in [4.69, 9.17) is 32.7 Å². The van der Waals surface area contributed by atoms with Gasteiger partial charge in [0.25, 0.3) is 0 Å². The van der Waals surface area contributed by atoms with Crippen molar-refractivity contribution in [1.82, 2.24) is 9.97 Å². The van der Waals surface area contributed by atoms with Gasteiger partial charge in [0.2, 0.25) is 11.8 Å². The monoisotopic (exact) mass is 336 g/mol. The molecule has 22 heavy (non-hydrogen) atoms. The van der Waals surface area contributed by atoms with Gasteiger partial charge in [0.1, 0.15) is 10.3 Å². The second kappa shape index (κ2) is 5.59. The molecule has 0 spiro atoms. The van der Waals surface area contributed by atoms with Crippen LogP contribution in [-0.2, 0) is 9.53 Å². The number of fused-ring (bicyclic) bond motifs is 2. The fourth-order valence-electron chi connectivity index (χ4n) is 2.34. The Morgan fingerprint density at radius 3 is 2.09 bits per heavy atom. The number of nitrogens with zero attached hydrogens (tertiary/aromatic N) is 2. The predicted octanol–water partition coefficient (Wildman–Crippen LogP) is 3.75. The highest BCUT2D eigenvalue weighted by molar-refractivity contribution is 6.29. The topological polar surface area (TPSA) is 61.3 Å². The van der Waals surface area contributed by atoms with Gasteiger partial charge >= 0.3 is 5.97 Å². The van der Waals surface area contributed by atoms with E-state index in [2.05, 4.69) is 16.5 Å². The van der Waals surface area contributed by atoms with Crippen LogP contribution in [0.15, 0.2) is 36.4 Å². The molecule has 0 radical (unpaired) electrons. The highest BCUT2D eigenvalue weighted by Crippen LogP contribution is 2.46. The number of carbonyl (C=O) groups excluding carboxylic acids is 1. The van der Waals surface area contributed by atoms with Crippen LogP contribution in [0.25, 0.3) is 0 Å². The highest BCUT2D eigenvalue weighted by atomic mass is 35.5. The van der Waals surface area contributed by atoms with Crippen LogP contribution in [0, 0.1) is 0 Å². The molecule has 0 fully saturated rings. The van der Waals surface area contributed by atoms with E-state index >= 15 is 0 Å². The standard InChI is InChI=1S/C15H10Cl2N2O3/c1-7(15(20)21-2)12-8-3-5-10(16)18-13(8)22-14-9(12)4-6-11(17)19-14/h3-6,12H,1H2,2H3. The van der Waals surface area contributed by atoms with E-state index in [-0.39, 0.29) is 27.6 Å². The zero-order valence-corrected chi connectivity index (χ0v) is 13.0. The lowest BCUT2D eigenvalue weighted by Crippen LogP contribution is -2.19. The summed E-state index contributed by atoms with van der Waals surface area (Å²) < 4.78 is 10.4. The Kier molecular flexibility index (Phi) is 3.76. The van der Waals surface area contributed by atoms with Gasteiger partial charge in [0.05, 0.1) is 13.0 Å². The van der Waals surface area contributed by atoms with E-state index in [9.17, 15) is 4.79 Å². The number of carbonyl (C=O) groups is 1. The summed E-state index contributed by atoms with van der Waals surface area (Å²) in [6.45, 7) is 3.84. The van der Waals surface area contributed by atoms with Crippen LogP contribution in [-0.4, -0.2) is 23.0 Å². The largest absolute Gasteiger partial charge is 0.466 e. The average Bonchev–Trinajstić information content (AvgIpc) is 2.50. The second-order valence-electron chi connectivity index (χ2n) is 4.61. The lowest BCUT2D eigenvalue weighted by Gasteiger charge is -2.27. The molecular formula is C15H10Cl2N2O3. The minimum atomic E-state index is -0.520. The molecule has 0 saturated carbocycles. The van der Waals surface area contributed by atoms with E-state index in [1.165, 1.54) is 7.11 Å². The van der Waals surface area contributed by atoms with E-state index < -0.39 is 11.9 Å². The van der Waals surface area contributed by atoms with Crippen LogP contribution in [0.1, 0.15) is 17.0 Å². The first kappa shape index (κ1) is 14.8. The number of esters is 1. The number of pyridine rings is 2. The van der Waals surface area contributed by atoms with Crippen LogP contribution < -0.4 is 4.74 Å². The molecule has 0 aromatic carbocycles. The first-order valence-corrected chi connectivity index (χ1v) is 7.04. The third-order valence-electron chi connectivity index (χ3n) is 3.32. The minimum absolute atomic E-state index is 0.251. The maximum atomic E-state index is 11.9. The zero-order chi connectivity index (χ0) is 15.9. The van der Waals surface area contributed by atoms with Gasteiger partial charge in [-0.3, -0.25) is 0 Å². The molecule has 5 nitrogen and oxygen atoms in total. The van der Waals surface area contributed by atoms with E-state index in [1.54, 1.807) is 24.3 Å². The molecule has 2 aromatic heterocycles. The molecule has 0 atom stereocenters. The van der Waals surface area contributed by atoms with Gasteiger partial charge in [-0.25, -0.2) is 14.8 Å². The predicted molar refractivity (Wildman–Crippen MR) is 81.6 cm³/mol. The SMILES string of the molecule is C=C(C(=O)OC)C1c2ccc(Cl)nc2Oc2nc(Cl)ccc21. The van der Waals surface area contributed by atoms with Gasteiger partial charge < -0.3 is 9.47 Å². The maximum Gasteiger partial charge on any atom is 0.334 e. The number of halogens is 2. The Hall–Kier alpha value is -2.11. The first-order chi connectivity index (χ1) is 10.5. The van der Waals surface area contributed by atoms with Crippen molar-refractivity contribution in [2.45, 2.75) is 5.92 Å². The van der Waals surface area contributed by atoms with E-state index in [0.29, 0.717) is 11.1 Å². The van der Waals surface area contributed by atoms with Crippen LogP contribution in [0.2, 0.25) is 10.3 Å². The van der Waals surface area contributed by atoms with E-state index in [0.717, 1.165) is 0 Å². The summed E-state index contributed by atoms with van der Waals surface area (Å²) in [4.78, 5) is 20.2. The van der Waals surface area contributed by atoms with Gasteiger partial charge in [-0.1, -0.05) is 29.8 Å². The molecule has 0 N–H and O–H groups in total. The Morgan fingerprint density at radius 2 is 1.64 bits per heavy atom. The number of rotatable bonds is 2. The quantitative estimate of drug-likeness (QED) is 0.474. The molecule has 3 rings (SSSR count). The van der Waals surface area contributed by atoms with Crippen LogP contribution in [0.5, 0.6) is 11.8 Å². The summed E-state index contributed by atoms with van der Waals surface area (Å²) in [5.41, 5.74) is 1.58. The lowest BCUT2D eigenvalue weighted by atomic mass is 9.85. The zero-order valence-electron chi connectivity index (χ0n) is 11.5. The molecule has 1 aliphatic rings. The third-order valence-corrected chi connectivity index (χ3v) is 3.74. The Morgan fingerprint density at radius 1 is 1.14 bits per heavy atom. The van der Waals surface area contributed by atoms with Crippen molar-refractivity contribution in [2.24, 2.45) is 0 Å². The number of ether oxygens (including phenoxy) is 2. The summed E-state index contributed by atoms with van der Waals surface area (Å²) >= 11 is 11.8. The van der Waals surface area contributed by atoms with Gasteiger partial charge in [-0.2, -0.15) is 0 Å². The van der Waals surface area contributed by atoms with Crippen molar-refractivity contribution >= 4 is 29.2 Å². The molecule has 2 aromatic rings. The molecule has 0 saturated heterocycles. The Balaban J connectivity index is 2.20. The molecule has 7 heteroatoms. The van der Waals surface area contributed by atoms with Crippen molar-refractivity contribution in [1.29, 1.82) is 0 Å². The number of hydrogen-bond donors (Lipinski definition) is 0. The van der Waals surface area contributed by atoms with Crippen molar-refractivity contribution in [3.8, 4) is 11.8 Å². The minimum Gasteiger partial charge on any atom is -0.466 e. The van der Waals surface area contributed by atoms with Crippen LogP contribution >= 0.6 is 23.2 Å². The smallest absolute Gasteiger partial charge is 0.334 e. The fraction of sp³-hybridized carbons (Fsp3) is 0.133. The normalized spacial score (nSPS) is 12.9. The molecule has 0 bridgehead atoms.